The van der Waals surface area contributed by atoms with Crippen LogP contribution in [0.4, 0.5) is 0 Å². The first-order chi connectivity index (χ1) is 10.0. The summed E-state index contributed by atoms with van der Waals surface area (Å²) in [6, 6.07) is 0. The van der Waals surface area contributed by atoms with Gasteiger partial charge >= 0.3 is 11.9 Å². The fourth-order valence-corrected chi connectivity index (χ4v) is 1.31. The SMILES string of the molecule is CCC(=O)OC(C)(N=NC(C)(OC(=O)CC)C(C)C)C(C)C. The molecule has 0 saturated heterocycles. The molecule has 2 unspecified atom stereocenters. The molecule has 0 radical (unpaired) electrons. The van der Waals surface area contributed by atoms with Crippen molar-refractivity contribution in [2.45, 2.75) is 79.7 Å². The van der Waals surface area contributed by atoms with Crippen LogP contribution in [0.1, 0.15) is 68.2 Å². The first-order valence-corrected chi connectivity index (χ1v) is 7.88. The average molecular weight is 314 g/mol. The van der Waals surface area contributed by atoms with Gasteiger partial charge in [-0.15, -0.1) is 10.2 Å². The number of nitrogens with zero attached hydrogens (tertiary/aromatic N) is 2. The largest absolute Gasteiger partial charge is 0.435 e. The zero-order valence-corrected chi connectivity index (χ0v) is 15.1. The molecule has 0 rings (SSSR count). The van der Waals surface area contributed by atoms with Crippen LogP contribution in [0.25, 0.3) is 0 Å². The van der Waals surface area contributed by atoms with Crippen molar-refractivity contribution in [1.82, 2.24) is 0 Å². The Labute approximate surface area is 133 Å². The molecule has 0 bridgehead atoms. The molecule has 22 heavy (non-hydrogen) atoms. The third-order valence-electron chi connectivity index (χ3n) is 3.81. The van der Waals surface area contributed by atoms with E-state index in [1.165, 1.54) is 0 Å². The fraction of sp³-hybridized carbons (Fsp3) is 0.875. The Bertz CT molecular complexity index is 382. The van der Waals surface area contributed by atoms with Crippen LogP contribution in [0.5, 0.6) is 0 Å². The van der Waals surface area contributed by atoms with E-state index in [4.69, 9.17) is 9.47 Å². The minimum atomic E-state index is -1.08. The summed E-state index contributed by atoms with van der Waals surface area (Å²) in [6.07, 6.45) is 0.536. The van der Waals surface area contributed by atoms with Crippen molar-refractivity contribution in [2.75, 3.05) is 0 Å². The molecule has 0 aliphatic carbocycles. The molecule has 0 aromatic carbocycles. The van der Waals surface area contributed by atoms with Gasteiger partial charge in [0.2, 0.25) is 11.4 Å². The Morgan fingerprint density at radius 2 is 1.09 bits per heavy atom. The van der Waals surface area contributed by atoms with Gasteiger partial charge in [-0.05, 0) is 13.8 Å². The lowest BCUT2D eigenvalue weighted by Gasteiger charge is -2.32. The van der Waals surface area contributed by atoms with Gasteiger partial charge in [0, 0.05) is 24.7 Å². The van der Waals surface area contributed by atoms with Gasteiger partial charge in [0.1, 0.15) is 0 Å². The van der Waals surface area contributed by atoms with Crippen LogP contribution in [0, 0.1) is 11.8 Å². The highest BCUT2D eigenvalue weighted by molar-refractivity contribution is 5.69. The van der Waals surface area contributed by atoms with Crippen LogP contribution in [-0.2, 0) is 19.1 Å². The summed E-state index contributed by atoms with van der Waals surface area (Å²) in [5.41, 5.74) is -2.16. The number of ether oxygens (including phenoxy) is 2. The van der Waals surface area contributed by atoms with E-state index in [0.717, 1.165) is 0 Å². The second kappa shape index (κ2) is 8.25. The van der Waals surface area contributed by atoms with Gasteiger partial charge in [-0.1, -0.05) is 41.5 Å². The normalized spacial score (nSPS) is 17.4. The van der Waals surface area contributed by atoms with Gasteiger partial charge in [0.15, 0.2) is 0 Å². The van der Waals surface area contributed by atoms with Crippen LogP contribution in [-0.4, -0.2) is 23.4 Å². The van der Waals surface area contributed by atoms with E-state index in [-0.39, 0.29) is 36.6 Å². The van der Waals surface area contributed by atoms with Gasteiger partial charge in [-0.25, -0.2) is 0 Å². The van der Waals surface area contributed by atoms with Crippen LogP contribution in [0.2, 0.25) is 0 Å². The summed E-state index contributed by atoms with van der Waals surface area (Å²) in [5.74, 6) is -0.811. The smallest absolute Gasteiger partial charge is 0.307 e. The Morgan fingerprint density at radius 1 is 0.818 bits per heavy atom. The lowest BCUT2D eigenvalue weighted by molar-refractivity contribution is -0.168. The average Bonchev–Trinajstić information content (AvgIpc) is 2.44. The van der Waals surface area contributed by atoms with Crippen LogP contribution >= 0.6 is 0 Å². The predicted molar refractivity (Wildman–Crippen MR) is 84.1 cm³/mol. The second-order valence-corrected chi connectivity index (χ2v) is 6.27. The molecule has 6 heteroatoms. The zero-order chi connectivity index (χ0) is 17.6. The van der Waals surface area contributed by atoms with Gasteiger partial charge < -0.3 is 9.47 Å². The molecule has 0 aliphatic heterocycles. The molecule has 0 aromatic rings. The maximum absolute atomic E-state index is 11.6. The van der Waals surface area contributed by atoms with E-state index in [1.54, 1.807) is 27.7 Å². The van der Waals surface area contributed by atoms with Crippen molar-refractivity contribution in [3.63, 3.8) is 0 Å². The van der Waals surface area contributed by atoms with E-state index in [2.05, 4.69) is 10.2 Å². The lowest BCUT2D eigenvalue weighted by atomic mass is 10.0. The van der Waals surface area contributed by atoms with Gasteiger partial charge in [0.25, 0.3) is 0 Å². The molecule has 2 atom stereocenters. The highest BCUT2D eigenvalue weighted by atomic mass is 16.6. The Balaban J connectivity index is 5.41. The Hall–Kier alpha value is -1.46. The van der Waals surface area contributed by atoms with Crippen molar-refractivity contribution in [1.29, 1.82) is 0 Å². The number of carbonyl (C=O) groups excluding carboxylic acids is 2. The van der Waals surface area contributed by atoms with E-state index >= 15 is 0 Å². The van der Waals surface area contributed by atoms with Crippen LogP contribution in [0.3, 0.4) is 0 Å². The summed E-state index contributed by atoms with van der Waals surface area (Å²) in [5, 5.41) is 8.46. The monoisotopic (exact) mass is 314 g/mol. The van der Waals surface area contributed by atoms with Crippen molar-refractivity contribution in [3.8, 4) is 0 Å². The minimum Gasteiger partial charge on any atom is -0.435 e. The molecule has 0 N–H and O–H groups in total. The minimum absolute atomic E-state index is 0.0648. The number of rotatable bonds is 8. The van der Waals surface area contributed by atoms with E-state index in [9.17, 15) is 9.59 Å². The summed E-state index contributed by atoms with van der Waals surface area (Å²) in [7, 11) is 0. The number of hydrogen-bond acceptors (Lipinski definition) is 6. The topological polar surface area (TPSA) is 77.3 Å². The molecule has 0 fully saturated rings. The first kappa shape index (κ1) is 20.5. The predicted octanol–water partition coefficient (Wildman–Crippen LogP) is 4.09. The third kappa shape index (κ3) is 5.73. The Kier molecular flexibility index (Phi) is 7.70. The van der Waals surface area contributed by atoms with Crippen molar-refractivity contribution in [3.05, 3.63) is 0 Å². The fourth-order valence-electron chi connectivity index (χ4n) is 1.31. The first-order valence-electron chi connectivity index (χ1n) is 7.88. The third-order valence-corrected chi connectivity index (χ3v) is 3.81. The summed E-state index contributed by atoms with van der Waals surface area (Å²) >= 11 is 0. The molecule has 0 amide bonds. The van der Waals surface area contributed by atoms with Crippen molar-refractivity contribution < 1.29 is 19.1 Å². The standard InChI is InChI=1S/C16H30N2O4/c1-9-13(19)21-15(7,11(3)4)17-18-16(8,12(5)6)22-14(20)10-2/h11-12H,9-10H2,1-8H3. The van der Waals surface area contributed by atoms with Gasteiger partial charge in [-0.3, -0.25) is 9.59 Å². The Morgan fingerprint density at radius 3 is 1.27 bits per heavy atom. The number of hydrogen-bond donors (Lipinski definition) is 0. The van der Waals surface area contributed by atoms with Crippen LogP contribution in [0.15, 0.2) is 10.2 Å². The summed E-state index contributed by atoms with van der Waals surface area (Å²) in [4.78, 5) is 23.2. The maximum atomic E-state index is 11.6. The molecule has 0 heterocycles. The molecular weight excluding hydrogens is 284 g/mol. The summed E-state index contributed by atoms with van der Waals surface area (Å²) < 4.78 is 10.8. The molecule has 6 nitrogen and oxygen atoms in total. The quantitative estimate of drug-likeness (QED) is 0.499. The zero-order valence-electron chi connectivity index (χ0n) is 15.1. The maximum Gasteiger partial charge on any atom is 0.307 e. The molecule has 0 spiro atoms. The number of carbonyl (C=O) groups is 2. The molecule has 128 valence electrons. The molecule has 0 aromatic heterocycles. The van der Waals surface area contributed by atoms with Gasteiger partial charge in [-0.2, -0.15) is 0 Å². The lowest BCUT2D eigenvalue weighted by Crippen LogP contribution is -2.38. The molecule has 0 aliphatic rings. The molecular formula is C16H30N2O4. The molecule has 0 saturated carbocycles. The highest BCUT2D eigenvalue weighted by Gasteiger charge is 2.37. The highest BCUT2D eigenvalue weighted by Crippen LogP contribution is 2.30. The van der Waals surface area contributed by atoms with E-state index in [0.29, 0.717) is 0 Å². The van der Waals surface area contributed by atoms with Crippen molar-refractivity contribution >= 4 is 11.9 Å². The van der Waals surface area contributed by atoms with Gasteiger partial charge in [0.05, 0.1) is 0 Å². The number of azo groups is 1. The van der Waals surface area contributed by atoms with E-state index in [1.807, 2.05) is 27.7 Å². The second-order valence-electron chi connectivity index (χ2n) is 6.27. The van der Waals surface area contributed by atoms with E-state index < -0.39 is 11.4 Å². The van der Waals surface area contributed by atoms with Crippen LogP contribution < -0.4 is 0 Å². The summed E-state index contributed by atoms with van der Waals surface area (Å²) in [6.45, 7) is 14.4. The van der Waals surface area contributed by atoms with Crippen molar-refractivity contribution in [2.24, 2.45) is 22.1 Å². The number of esters is 2.